The predicted octanol–water partition coefficient (Wildman–Crippen LogP) is 4.72. The van der Waals surface area contributed by atoms with Gasteiger partial charge in [0.15, 0.2) is 0 Å². The second kappa shape index (κ2) is 8.03. The topological polar surface area (TPSA) is 34.0 Å². The molecule has 5 heteroatoms. The summed E-state index contributed by atoms with van der Waals surface area (Å²) in [6.07, 6.45) is 7.94. The molecule has 0 N–H and O–H groups in total. The smallest absolute Gasteiger partial charge is 0.124 e. The van der Waals surface area contributed by atoms with Gasteiger partial charge in [0, 0.05) is 30.5 Å². The molecule has 4 rings (SSSR count). The molecule has 0 spiro atoms. The third-order valence-corrected chi connectivity index (χ3v) is 6.02. The summed E-state index contributed by atoms with van der Waals surface area (Å²) in [7, 11) is 4.31. The van der Waals surface area contributed by atoms with Crippen LogP contribution in [0.5, 0.6) is 0 Å². The molecule has 0 fully saturated rings. The summed E-state index contributed by atoms with van der Waals surface area (Å²) in [5.41, 5.74) is 3.65. The quantitative estimate of drug-likeness (QED) is 0.468. The highest BCUT2D eigenvalue weighted by Crippen LogP contribution is 2.30. The normalized spacial score (nSPS) is 12.7. The summed E-state index contributed by atoms with van der Waals surface area (Å²) in [5.74, 6) is 0. The number of thiazole rings is 1. The Kier molecular flexibility index (Phi) is 5.32. The average molecular weight is 377 g/mol. The van der Waals surface area contributed by atoms with Crippen LogP contribution in [0.25, 0.3) is 20.8 Å². The Bertz CT molecular complexity index is 990. The lowest BCUT2D eigenvalue weighted by molar-refractivity contribution is 0.250. The van der Waals surface area contributed by atoms with Gasteiger partial charge in [-0.05, 0) is 44.6 Å². The largest absolute Gasteiger partial charge is 0.336 e. The van der Waals surface area contributed by atoms with Gasteiger partial charge in [0.25, 0.3) is 0 Å². The van der Waals surface area contributed by atoms with Crippen LogP contribution in [-0.4, -0.2) is 39.6 Å². The number of likely N-dealkylation sites (N-methyl/N-ethyl adjacent to an activating group) is 1. The molecule has 0 aliphatic heterocycles. The lowest BCUT2D eigenvalue weighted by Gasteiger charge is -2.24. The molecule has 1 unspecified atom stereocenters. The van der Waals surface area contributed by atoms with Crippen molar-refractivity contribution in [1.82, 2.24) is 19.4 Å². The number of hydrogen-bond donors (Lipinski definition) is 0. The number of fused-ring (bicyclic) bond motifs is 1. The van der Waals surface area contributed by atoms with Gasteiger partial charge in [-0.3, -0.25) is 0 Å². The number of rotatable bonds is 7. The van der Waals surface area contributed by atoms with E-state index in [0.717, 1.165) is 29.9 Å². The Morgan fingerprint density at radius 2 is 1.96 bits per heavy atom. The van der Waals surface area contributed by atoms with Crippen molar-refractivity contribution in [3.63, 3.8) is 0 Å². The molecule has 27 heavy (non-hydrogen) atoms. The van der Waals surface area contributed by atoms with Crippen LogP contribution in [0.4, 0.5) is 0 Å². The SMILES string of the molecule is CN(C)C(CCc1ccc2nc(-c3ccccc3)sc2c1)Cn1ccnc1. The molecule has 0 radical (unpaired) electrons. The minimum absolute atomic E-state index is 0.483. The van der Waals surface area contributed by atoms with E-state index in [1.54, 1.807) is 11.3 Å². The van der Waals surface area contributed by atoms with Crippen LogP contribution in [0.15, 0.2) is 67.3 Å². The van der Waals surface area contributed by atoms with Crippen molar-refractivity contribution >= 4 is 21.6 Å². The highest BCUT2D eigenvalue weighted by molar-refractivity contribution is 7.21. The van der Waals surface area contributed by atoms with E-state index in [2.05, 4.69) is 71.0 Å². The monoisotopic (exact) mass is 376 g/mol. The lowest BCUT2D eigenvalue weighted by atomic mass is 10.0. The Hall–Kier alpha value is -2.50. The fraction of sp³-hybridized carbons (Fsp3) is 0.273. The van der Waals surface area contributed by atoms with Crippen molar-refractivity contribution in [2.45, 2.75) is 25.4 Å². The number of benzene rings is 2. The molecule has 0 aliphatic rings. The summed E-state index contributed by atoms with van der Waals surface area (Å²) in [6, 6.07) is 17.6. The van der Waals surface area contributed by atoms with E-state index in [9.17, 15) is 0 Å². The number of imidazole rings is 1. The molecule has 0 saturated carbocycles. The van der Waals surface area contributed by atoms with E-state index in [1.165, 1.54) is 15.8 Å². The second-order valence-corrected chi connectivity index (χ2v) is 8.13. The van der Waals surface area contributed by atoms with Crippen molar-refractivity contribution < 1.29 is 0 Å². The van der Waals surface area contributed by atoms with E-state index in [0.29, 0.717) is 6.04 Å². The zero-order valence-corrected chi connectivity index (χ0v) is 16.6. The van der Waals surface area contributed by atoms with Crippen LogP contribution in [0.1, 0.15) is 12.0 Å². The standard InChI is InChI=1S/C22H24N4S/c1-25(2)19(15-26-13-12-23-16-26)10-8-17-9-11-20-21(14-17)27-22(24-20)18-6-4-3-5-7-18/h3-7,9,11-14,16,19H,8,10,15H2,1-2H3. The van der Waals surface area contributed by atoms with Crippen LogP contribution in [0.2, 0.25) is 0 Å². The molecule has 2 heterocycles. The van der Waals surface area contributed by atoms with Crippen molar-refractivity contribution in [1.29, 1.82) is 0 Å². The van der Waals surface area contributed by atoms with Gasteiger partial charge in [-0.15, -0.1) is 11.3 Å². The van der Waals surface area contributed by atoms with E-state index >= 15 is 0 Å². The second-order valence-electron chi connectivity index (χ2n) is 7.10. The van der Waals surface area contributed by atoms with Crippen LogP contribution < -0.4 is 0 Å². The highest BCUT2D eigenvalue weighted by atomic mass is 32.1. The van der Waals surface area contributed by atoms with Crippen LogP contribution in [0.3, 0.4) is 0 Å². The third kappa shape index (κ3) is 4.26. The van der Waals surface area contributed by atoms with Gasteiger partial charge in [0.05, 0.1) is 16.5 Å². The fourth-order valence-corrected chi connectivity index (χ4v) is 4.35. The molecule has 1 atom stereocenters. The maximum Gasteiger partial charge on any atom is 0.124 e. The van der Waals surface area contributed by atoms with Crippen molar-refractivity contribution in [2.75, 3.05) is 14.1 Å². The molecule has 138 valence electrons. The minimum atomic E-state index is 0.483. The Morgan fingerprint density at radius 1 is 1.11 bits per heavy atom. The van der Waals surface area contributed by atoms with E-state index in [4.69, 9.17) is 4.98 Å². The summed E-state index contributed by atoms with van der Waals surface area (Å²) in [5, 5.41) is 1.09. The van der Waals surface area contributed by atoms with Gasteiger partial charge < -0.3 is 9.47 Å². The third-order valence-electron chi connectivity index (χ3n) is 4.95. The van der Waals surface area contributed by atoms with E-state index in [-0.39, 0.29) is 0 Å². The lowest BCUT2D eigenvalue weighted by Crippen LogP contribution is -2.32. The maximum absolute atomic E-state index is 4.80. The molecule has 0 saturated heterocycles. The summed E-state index contributed by atoms with van der Waals surface area (Å²) >= 11 is 1.77. The first kappa shape index (κ1) is 17.9. The Labute approximate surface area is 164 Å². The first-order valence-electron chi connectivity index (χ1n) is 9.26. The number of aromatic nitrogens is 3. The van der Waals surface area contributed by atoms with Crippen molar-refractivity contribution in [3.05, 3.63) is 72.8 Å². The van der Waals surface area contributed by atoms with Gasteiger partial charge >= 0.3 is 0 Å². The molecule has 0 aliphatic carbocycles. The van der Waals surface area contributed by atoms with Crippen molar-refractivity contribution in [3.8, 4) is 10.6 Å². The van der Waals surface area contributed by atoms with Crippen LogP contribution in [0, 0.1) is 0 Å². The fourth-order valence-electron chi connectivity index (χ4n) is 3.31. The number of aryl methyl sites for hydroxylation is 1. The zero-order chi connectivity index (χ0) is 18.6. The number of hydrogen-bond acceptors (Lipinski definition) is 4. The molecule has 4 nitrogen and oxygen atoms in total. The molecule has 0 bridgehead atoms. The molecule has 0 amide bonds. The van der Waals surface area contributed by atoms with Gasteiger partial charge in [-0.2, -0.15) is 0 Å². The maximum atomic E-state index is 4.80. The summed E-state index contributed by atoms with van der Waals surface area (Å²) < 4.78 is 3.42. The van der Waals surface area contributed by atoms with Crippen LogP contribution in [-0.2, 0) is 13.0 Å². The highest BCUT2D eigenvalue weighted by Gasteiger charge is 2.13. The van der Waals surface area contributed by atoms with Gasteiger partial charge in [0.2, 0.25) is 0 Å². The van der Waals surface area contributed by atoms with Gasteiger partial charge in [-0.1, -0.05) is 36.4 Å². The summed E-state index contributed by atoms with van der Waals surface area (Å²) in [4.78, 5) is 11.3. The van der Waals surface area contributed by atoms with E-state index in [1.807, 2.05) is 24.8 Å². The summed E-state index contributed by atoms with van der Waals surface area (Å²) in [6.45, 7) is 0.966. The Morgan fingerprint density at radius 3 is 2.70 bits per heavy atom. The van der Waals surface area contributed by atoms with Crippen LogP contribution >= 0.6 is 11.3 Å². The number of nitrogens with zero attached hydrogens (tertiary/aromatic N) is 4. The van der Waals surface area contributed by atoms with E-state index < -0.39 is 0 Å². The zero-order valence-electron chi connectivity index (χ0n) is 15.7. The molecule has 2 aromatic carbocycles. The first-order chi connectivity index (χ1) is 13.2. The molecule has 4 aromatic rings. The molecule has 2 aromatic heterocycles. The minimum Gasteiger partial charge on any atom is -0.336 e. The van der Waals surface area contributed by atoms with Gasteiger partial charge in [0.1, 0.15) is 5.01 Å². The van der Waals surface area contributed by atoms with Crippen molar-refractivity contribution in [2.24, 2.45) is 0 Å². The molecular weight excluding hydrogens is 352 g/mol. The van der Waals surface area contributed by atoms with Gasteiger partial charge in [-0.25, -0.2) is 9.97 Å². The Balaban J connectivity index is 1.48. The predicted molar refractivity (Wildman–Crippen MR) is 113 cm³/mol. The molecular formula is C22H24N4S. The average Bonchev–Trinajstić information content (AvgIpc) is 3.34. The first-order valence-corrected chi connectivity index (χ1v) is 10.1.